The number of ether oxygens (including phenoxy) is 1. The average Bonchev–Trinajstić information content (AvgIpc) is 3.50. The van der Waals surface area contributed by atoms with Crippen LogP contribution in [0, 0.1) is 11.8 Å². The normalized spacial score (nSPS) is 22.1. The Hall–Kier alpha value is -2.22. The van der Waals surface area contributed by atoms with E-state index >= 15 is 0 Å². The number of ketones is 1. The lowest BCUT2D eigenvalue weighted by Crippen LogP contribution is -2.45. The molecule has 2 saturated heterocycles. The van der Waals surface area contributed by atoms with E-state index in [1.807, 2.05) is 31.3 Å². The predicted octanol–water partition coefficient (Wildman–Crippen LogP) is 3.24. The van der Waals surface area contributed by atoms with Crippen molar-refractivity contribution < 1.29 is 19.2 Å². The minimum Gasteiger partial charge on any atom is -0.379 e. The Balaban J connectivity index is 1.52. The first-order valence-electron chi connectivity index (χ1n) is 11.9. The molecule has 0 radical (unpaired) electrons. The first-order valence-corrected chi connectivity index (χ1v) is 11.9. The van der Waals surface area contributed by atoms with Gasteiger partial charge in [-0.15, -0.1) is 0 Å². The number of Topliss-reactive ketones (excluding diaryl/α,β-unsaturated/α-hetero) is 1. The maximum absolute atomic E-state index is 13.4. The van der Waals surface area contributed by atoms with E-state index in [9.17, 15) is 9.59 Å². The summed E-state index contributed by atoms with van der Waals surface area (Å²) in [6, 6.07) is 8.24. The van der Waals surface area contributed by atoms with Crippen LogP contribution in [0.1, 0.15) is 44.6 Å². The summed E-state index contributed by atoms with van der Waals surface area (Å²) >= 11 is 0. The van der Waals surface area contributed by atoms with Crippen molar-refractivity contribution in [2.24, 2.45) is 11.8 Å². The fraction of sp³-hybridized carbons (Fsp3) is 0.600. The predicted molar refractivity (Wildman–Crippen MR) is 123 cm³/mol. The van der Waals surface area contributed by atoms with E-state index in [0.29, 0.717) is 19.6 Å². The van der Waals surface area contributed by atoms with Gasteiger partial charge in [-0.05, 0) is 50.3 Å². The van der Waals surface area contributed by atoms with Crippen LogP contribution in [-0.2, 0) is 25.6 Å². The van der Waals surface area contributed by atoms with Crippen molar-refractivity contribution in [2.45, 2.75) is 57.6 Å². The Labute approximate surface area is 189 Å². The largest absolute Gasteiger partial charge is 0.379 e. The third kappa shape index (κ3) is 5.05. The minimum atomic E-state index is -0.462. The van der Waals surface area contributed by atoms with Gasteiger partial charge in [0.2, 0.25) is 5.91 Å². The van der Waals surface area contributed by atoms with Crippen LogP contribution in [0.15, 0.2) is 30.5 Å². The molecule has 1 amide bonds. The van der Waals surface area contributed by atoms with Crippen LogP contribution in [0.25, 0.3) is 10.9 Å². The molecule has 4 rings (SSSR count). The van der Waals surface area contributed by atoms with Crippen LogP contribution in [0.2, 0.25) is 0 Å². The Morgan fingerprint density at radius 1 is 1.25 bits per heavy atom. The lowest BCUT2D eigenvalue weighted by molar-refractivity contribution is -0.201. The van der Waals surface area contributed by atoms with Crippen molar-refractivity contribution in [3.63, 3.8) is 0 Å². The molecule has 0 saturated carbocycles. The molecule has 0 unspecified atom stereocenters. The SMILES string of the molecule is CO[C@@H]([C@@H]1CCCN1)[C@@H](C)C(=O)C[C@@H](Cc1c[nH]c2ccccc12)C(=O)N1CCCCO1. The first-order chi connectivity index (χ1) is 15.6. The van der Waals surface area contributed by atoms with Crippen LogP contribution in [-0.4, -0.2) is 60.7 Å². The van der Waals surface area contributed by atoms with Crippen molar-refractivity contribution >= 4 is 22.6 Å². The van der Waals surface area contributed by atoms with Crippen molar-refractivity contribution in [1.29, 1.82) is 0 Å². The molecule has 3 heterocycles. The van der Waals surface area contributed by atoms with Gasteiger partial charge in [0.25, 0.3) is 0 Å². The number of aromatic amines is 1. The molecule has 32 heavy (non-hydrogen) atoms. The number of carbonyl (C=O) groups is 2. The molecule has 1 aromatic heterocycles. The maximum atomic E-state index is 13.4. The maximum Gasteiger partial charge on any atom is 0.250 e. The summed E-state index contributed by atoms with van der Waals surface area (Å²) < 4.78 is 5.73. The molecule has 2 fully saturated rings. The molecule has 0 aliphatic carbocycles. The smallest absolute Gasteiger partial charge is 0.250 e. The average molecular weight is 442 g/mol. The quantitative estimate of drug-likeness (QED) is 0.624. The van der Waals surface area contributed by atoms with Crippen molar-refractivity contribution in [2.75, 3.05) is 26.8 Å². The van der Waals surface area contributed by atoms with Gasteiger partial charge < -0.3 is 15.0 Å². The van der Waals surface area contributed by atoms with Crippen molar-refractivity contribution in [3.05, 3.63) is 36.0 Å². The second kappa shape index (κ2) is 10.6. The highest BCUT2D eigenvalue weighted by Gasteiger charge is 2.36. The zero-order valence-corrected chi connectivity index (χ0v) is 19.1. The number of H-pyrrole nitrogens is 1. The zero-order valence-electron chi connectivity index (χ0n) is 19.1. The lowest BCUT2D eigenvalue weighted by Gasteiger charge is -2.31. The first kappa shape index (κ1) is 23.0. The van der Waals surface area contributed by atoms with Gasteiger partial charge in [0.05, 0.1) is 18.6 Å². The highest BCUT2D eigenvalue weighted by molar-refractivity contribution is 5.89. The fourth-order valence-corrected chi connectivity index (χ4v) is 5.11. The van der Waals surface area contributed by atoms with Crippen LogP contribution < -0.4 is 5.32 Å². The van der Waals surface area contributed by atoms with E-state index in [4.69, 9.17) is 9.57 Å². The Morgan fingerprint density at radius 3 is 2.81 bits per heavy atom. The van der Waals surface area contributed by atoms with Gasteiger partial charge in [-0.25, -0.2) is 5.06 Å². The van der Waals surface area contributed by atoms with Gasteiger partial charge in [0.15, 0.2) is 0 Å². The fourth-order valence-electron chi connectivity index (χ4n) is 5.11. The Kier molecular flexibility index (Phi) is 7.60. The number of hydroxylamine groups is 2. The summed E-state index contributed by atoms with van der Waals surface area (Å²) in [4.78, 5) is 35.7. The van der Waals surface area contributed by atoms with Crippen LogP contribution in [0.5, 0.6) is 0 Å². The standard InChI is InChI=1S/C25H35N3O4/c1-17(24(31-2)22-10-7-11-26-22)23(29)15-18(25(30)28-12-5-6-13-32-28)14-19-16-27-21-9-4-3-8-20(19)21/h3-4,8-9,16-18,22,24,26-27H,5-7,10-15H2,1-2H3/t17-,18+,22-,24+/m0/s1. The zero-order chi connectivity index (χ0) is 22.5. The number of benzene rings is 1. The minimum absolute atomic E-state index is 0.0701. The van der Waals surface area contributed by atoms with Crippen LogP contribution in [0.4, 0.5) is 0 Å². The summed E-state index contributed by atoms with van der Waals surface area (Å²) in [5.41, 5.74) is 2.09. The summed E-state index contributed by atoms with van der Waals surface area (Å²) in [5.74, 6) is -0.767. The van der Waals surface area contributed by atoms with E-state index < -0.39 is 5.92 Å². The molecule has 4 atom stereocenters. The van der Waals surface area contributed by atoms with Gasteiger partial charge >= 0.3 is 0 Å². The molecule has 7 nitrogen and oxygen atoms in total. The number of para-hydroxylation sites is 1. The molecule has 0 bridgehead atoms. The summed E-state index contributed by atoms with van der Waals surface area (Å²) in [6.07, 6.45) is 6.45. The van der Waals surface area contributed by atoms with E-state index in [1.54, 1.807) is 7.11 Å². The molecule has 2 N–H and O–H groups in total. The number of nitrogens with zero attached hydrogens (tertiary/aromatic N) is 1. The number of aromatic nitrogens is 1. The molecule has 0 spiro atoms. The van der Waals surface area contributed by atoms with E-state index in [0.717, 1.165) is 48.7 Å². The number of fused-ring (bicyclic) bond motifs is 1. The number of hydrogen-bond acceptors (Lipinski definition) is 5. The van der Waals surface area contributed by atoms with Crippen molar-refractivity contribution in [3.8, 4) is 0 Å². The van der Waals surface area contributed by atoms with Crippen LogP contribution in [0.3, 0.4) is 0 Å². The third-order valence-electron chi connectivity index (χ3n) is 6.95. The molecular formula is C25H35N3O4. The van der Waals surface area contributed by atoms with E-state index in [-0.39, 0.29) is 36.2 Å². The molecular weight excluding hydrogens is 406 g/mol. The summed E-state index contributed by atoms with van der Waals surface area (Å²) in [6.45, 7) is 4.02. The van der Waals surface area contributed by atoms with Gasteiger partial charge in [0, 0.05) is 49.1 Å². The Morgan fingerprint density at radius 2 is 2.09 bits per heavy atom. The van der Waals surface area contributed by atoms with Gasteiger partial charge in [-0.1, -0.05) is 25.1 Å². The monoisotopic (exact) mass is 441 g/mol. The van der Waals surface area contributed by atoms with Gasteiger partial charge in [0.1, 0.15) is 5.78 Å². The van der Waals surface area contributed by atoms with Crippen molar-refractivity contribution in [1.82, 2.24) is 15.4 Å². The molecule has 1 aromatic carbocycles. The van der Waals surface area contributed by atoms with E-state index in [1.165, 1.54) is 5.06 Å². The number of amides is 1. The van der Waals surface area contributed by atoms with Gasteiger partial charge in [-0.3, -0.25) is 14.4 Å². The molecule has 7 heteroatoms. The number of hydrogen-bond donors (Lipinski definition) is 2. The number of carbonyl (C=O) groups excluding carboxylic acids is 2. The number of nitrogens with one attached hydrogen (secondary N) is 2. The third-order valence-corrected chi connectivity index (χ3v) is 6.95. The second-order valence-corrected chi connectivity index (χ2v) is 9.10. The van der Waals surface area contributed by atoms with Gasteiger partial charge in [-0.2, -0.15) is 0 Å². The molecule has 174 valence electrons. The highest BCUT2D eigenvalue weighted by Crippen LogP contribution is 2.27. The highest BCUT2D eigenvalue weighted by atomic mass is 16.7. The second-order valence-electron chi connectivity index (χ2n) is 9.10. The molecule has 2 aromatic rings. The lowest BCUT2D eigenvalue weighted by atomic mass is 9.85. The molecule has 2 aliphatic heterocycles. The topological polar surface area (TPSA) is 83.7 Å². The van der Waals surface area contributed by atoms with Crippen LogP contribution >= 0.6 is 0 Å². The number of methoxy groups -OCH3 is 1. The Bertz CT molecular complexity index is 915. The van der Waals surface area contributed by atoms with E-state index in [2.05, 4.69) is 16.4 Å². The number of rotatable bonds is 9. The molecule has 2 aliphatic rings. The summed E-state index contributed by atoms with van der Waals surface area (Å²) in [5, 5.41) is 6.02. The summed E-state index contributed by atoms with van der Waals surface area (Å²) in [7, 11) is 1.67.